The third kappa shape index (κ3) is 3.63. The molecule has 1 saturated heterocycles. The van der Waals surface area contributed by atoms with Gasteiger partial charge in [0.25, 0.3) is 11.8 Å². The van der Waals surface area contributed by atoms with Crippen molar-refractivity contribution in [1.82, 2.24) is 9.99 Å². The molecule has 2 aromatic carbocycles. The van der Waals surface area contributed by atoms with Crippen LogP contribution in [-0.2, 0) is 19.6 Å². The van der Waals surface area contributed by atoms with Crippen molar-refractivity contribution < 1.29 is 18.0 Å². The zero-order valence-electron chi connectivity index (χ0n) is 15.9. The van der Waals surface area contributed by atoms with Gasteiger partial charge in [-0.05, 0) is 61.5 Å². The van der Waals surface area contributed by atoms with Crippen LogP contribution in [-0.4, -0.2) is 24.8 Å². The molecule has 152 valence electrons. The van der Waals surface area contributed by atoms with Crippen molar-refractivity contribution in [2.75, 3.05) is 5.01 Å². The van der Waals surface area contributed by atoms with Gasteiger partial charge in [0.05, 0.1) is 10.6 Å². The van der Waals surface area contributed by atoms with Gasteiger partial charge in [-0.25, -0.2) is 18.6 Å². The Morgan fingerprint density at radius 3 is 2.20 bits per heavy atom. The number of sulfonamides is 1. The highest BCUT2D eigenvalue weighted by Crippen LogP contribution is 2.23. The van der Waals surface area contributed by atoms with Crippen molar-refractivity contribution in [2.24, 2.45) is 5.14 Å². The molecule has 0 aliphatic carbocycles. The van der Waals surface area contributed by atoms with Gasteiger partial charge in [0.15, 0.2) is 0 Å². The van der Waals surface area contributed by atoms with Gasteiger partial charge in [0.1, 0.15) is 5.57 Å². The molecule has 3 aromatic rings. The molecule has 0 spiro atoms. The Balaban J connectivity index is 1.66. The fourth-order valence-electron chi connectivity index (χ4n) is 3.12. The van der Waals surface area contributed by atoms with Crippen LogP contribution in [0.3, 0.4) is 0 Å². The molecular weight excluding hydrogens is 404 g/mol. The number of aryl methyl sites for hydroxylation is 1. The van der Waals surface area contributed by atoms with Gasteiger partial charge in [0, 0.05) is 17.6 Å². The van der Waals surface area contributed by atoms with Crippen LogP contribution in [0.2, 0.25) is 0 Å². The van der Waals surface area contributed by atoms with Crippen molar-refractivity contribution in [1.29, 1.82) is 0 Å². The van der Waals surface area contributed by atoms with Crippen LogP contribution in [0.4, 0.5) is 5.69 Å². The van der Waals surface area contributed by atoms with Gasteiger partial charge < -0.3 is 4.57 Å². The maximum Gasteiger partial charge on any atom is 0.282 e. The molecule has 30 heavy (non-hydrogen) atoms. The van der Waals surface area contributed by atoms with Crippen LogP contribution in [0.25, 0.3) is 11.8 Å². The Labute approximate surface area is 173 Å². The minimum absolute atomic E-state index is 0.00241. The Kier molecular flexibility index (Phi) is 4.76. The summed E-state index contributed by atoms with van der Waals surface area (Å²) >= 11 is 0. The molecule has 0 bridgehead atoms. The Morgan fingerprint density at radius 1 is 0.933 bits per heavy atom. The number of nitrogens with zero attached hydrogens (tertiary/aromatic N) is 2. The number of rotatable bonds is 4. The summed E-state index contributed by atoms with van der Waals surface area (Å²) in [6.45, 7) is 1.93. The third-order valence-corrected chi connectivity index (χ3v) is 5.63. The predicted octanol–water partition coefficient (Wildman–Crippen LogP) is 1.89. The van der Waals surface area contributed by atoms with Crippen LogP contribution < -0.4 is 15.6 Å². The highest BCUT2D eigenvalue weighted by Gasteiger charge is 2.34. The van der Waals surface area contributed by atoms with E-state index < -0.39 is 21.8 Å². The van der Waals surface area contributed by atoms with E-state index in [1.54, 1.807) is 47.2 Å². The zero-order valence-corrected chi connectivity index (χ0v) is 16.8. The summed E-state index contributed by atoms with van der Waals surface area (Å²) in [6, 6.07) is 16.7. The van der Waals surface area contributed by atoms with E-state index in [0.717, 1.165) is 5.56 Å². The zero-order chi connectivity index (χ0) is 21.5. The van der Waals surface area contributed by atoms with Gasteiger partial charge >= 0.3 is 0 Å². The van der Waals surface area contributed by atoms with E-state index in [1.165, 1.54) is 23.2 Å². The van der Waals surface area contributed by atoms with E-state index in [9.17, 15) is 18.0 Å². The first-order valence-electron chi connectivity index (χ1n) is 8.98. The summed E-state index contributed by atoms with van der Waals surface area (Å²) in [4.78, 5) is 25.2. The van der Waals surface area contributed by atoms with Gasteiger partial charge in [-0.15, -0.1) is 0 Å². The number of aromatic nitrogens is 1. The summed E-state index contributed by atoms with van der Waals surface area (Å²) < 4.78 is 24.6. The lowest BCUT2D eigenvalue weighted by molar-refractivity contribution is -0.117. The number of benzene rings is 2. The van der Waals surface area contributed by atoms with E-state index in [-0.39, 0.29) is 10.5 Å². The number of carbonyl (C=O) groups is 2. The molecule has 2 heterocycles. The minimum atomic E-state index is -3.79. The van der Waals surface area contributed by atoms with E-state index in [1.807, 2.05) is 19.1 Å². The molecule has 4 rings (SSSR count). The molecule has 1 aromatic heterocycles. The van der Waals surface area contributed by atoms with E-state index in [4.69, 9.17) is 5.14 Å². The predicted molar refractivity (Wildman–Crippen MR) is 112 cm³/mol. The van der Waals surface area contributed by atoms with Crippen LogP contribution in [0, 0.1) is 6.92 Å². The van der Waals surface area contributed by atoms with Gasteiger partial charge in [-0.3, -0.25) is 15.0 Å². The van der Waals surface area contributed by atoms with E-state index in [2.05, 4.69) is 5.43 Å². The smallest absolute Gasteiger partial charge is 0.282 e. The van der Waals surface area contributed by atoms with E-state index in [0.29, 0.717) is 17.1 Å². The average molecular weight is 422 g/mol. The lowest BCUT2D eigenvalue weighted by Crippen LogP contribution is -2.35. The molecule has 3 N–H and O–H groups in total. The van der Waals surface area contributed by atoms with Crippen LogP contribution in [0.1, 0.15) is 11.3 Å². The van der Waals surface area contributed by atoms with Crippen molar-refractivity contribution in [2.45, 2.75) is 11.8 Å². The number of hydrogen-bond donors (Lipinski definition) is 2. The molecule has 9 heteroatoms. The molecule has 2 amide bonds. The number of amides is 2. The van der Waals surface area contributed by atoms with Crippen LogP contribution >= 0.6 is 0 Å². The van der Waals surface area contributed by atoms with E-state index >= 15 is 0 Å². The quantitative estimate of drug-likeness (QED) is 0.494. The maximum absolute atomic E-state index is 12.8. The number of anilines is 1. The summed E-state index contributed by atoms with van der Waals surface area (Å²) in [5.41, 5.74) is 5.41. The monoisotopic (exact) mass is 422 g/mol. The first-order valence-corrected chi connectivity index (χ1v) is 10.5. The minimum Gasteiger partial charge on any atom is -0.317 e. The van der Waals surface area contributed by atoms with Crippen LogP contribution in [0.5, 0.6) is 0 Å². The highest BCUT2D eigenvalue weighted by atomic mass is 32.2. The first-order chi connectivity index (χ1) is 14.2. The fraction of sp³-hybridized carbons (Fsp3) is 0.0476. The molecule has 0 radical (unpaired) electrons. The molecule has 8 nitrogen and oxygen atoms in total. The van der Waals surface area contributed by atoms with Crippen molar-refractivity contribution in [3.05, 3.63) is 83.7 Å². The standard InChI is InChI=1S/C21H18N4O4S/c1-14-4-6-16(7-5-14)25-21(27)19(20(26)23-25)13-17-3-2-12-24(17)15-8-10-18(11-9-15)30(22,28)29/h2-13H,1H3,(H,23,26)(H2,22,28,29)/b19-13+. The summed E-state index contributed by atoms with van der Waals surface area (Å²) in [6.07, 6.45) is 3.24. The second-order valence-electron chi connectivity index (χ2n) is 6.82. The average Bonchev–Trinajstić information content (AvgIpc) is 3.28. The van der Waals surface area contributed by atoms with Gasteiger partial charge in [0.2, 0.25) is 10.0 Å². The number of carbonyl (C=O) groups excluding carboxylic acids is 2. The van der Waals surface area contributed by atoms with Crippen molar-refractivity contribution >= 4 is 33.6 Å². The normalized spacial score (nSPS) is 15.7. The number of primary sulfonamides is 1. The maximum atomic E-state index is 12.8. The summed E-state index contributed by atoms with van der Waals surface area (Å²) in [5, 5.41) is 6.34. The van der Waals surface area contributed by atoms with Crippen LogP contribution in [0.15, 0.2) is 77.3 Å². The topological polar surface area (TPSA) is 114 Å². The second kappa shape index (κ2) is 7.29. The Bertz CT molecular complexity index is 1270. The van der Waals surface area contributed by atoms with Crippen molar-refractivity contribution in [3.8, 4) is 5.69 Å². The largest absolute Gasteiger partial charge is 0.317 e. The molecule has 1 aliphatic heterocycles. The molecular formula is C21H18N4O4S. The summed E-state index contributed by atoms with van der Waals surface area (Å²) in [5.74, 6) is -0.959. The Hall–Kier alpha value is -3.69. The lowest BCUT2D eigenvalue weighted by Gasteiger charge is -2.14. The molecule has 1 fully saturated rings. The molecule has 0 unspecified atom stereocenters. The van der Waals surface area contributed by atoms with Gasteiger partial charge in [-0.1, -0.05) is 17.7 Å². The second-order valence-corrected chi connectivity index (χ2v) is 8.38. The number of hydrazine groups is 1. The number of nitrogens with two attached hydrogens (primary N) is 1. The highest BCUT2D eigenvalue weighted by molar-refractivity contribution is 7.89. The molecule has 0 atom stereocenters. The third-order valence-electron chi connectivity index (χ3n) is 4.70. The first kappa shape index (κ1) is 19.6. The SMILES string of the molecule is Cc1ccc(N2NC(=O)/C(=C\c3cccn3-c3ccc(S(N)(=O)=O)cc3)C2=O)cc1. The fourth-order valence-corrected chi connectivity index (χ4v) is 3.64. The number of hydrogen-bond acceptors (Lipinski definition) is 4. The lowest BCUT2D eigenvalue weighted by atomic mass is 10.2. The van der Waals surface area contributed by atoms with Gasteiger partial charge in [-0.2, -0.15) is 0 Å². The summed E-state index contributed by atoms with van der Waals surface area (Å²) in [7, 11) is -3.79. The Morgan fingerprint density at radius 2 is 1.57 bits per heavy atom. The number of nitrogens with one attached hydrogen (secondary N) is 1. The van der Waals surface area contributed by atoms with Crippen molar-refractivity contribution in [3.63, 3.8) is 0 Å². The molecule has 0 saturated carbocycles. The molecule has 1 aliphatic rings.